The van der Waals surface area contributed by atoms with Crippen LogP contribution in [-0.4, -0.2) is 20.5 Å². The Morgan fingerprint density at radius 2 is 1.93 bits per heavy atom. The SMILES string of the molecule is O=C(NCc1ccccc1)c1cnn2c(C(F)(F)F)cc(-c3ccco3)nc12. The third-order valence-corrected chi connectivity index (χ3v) is 4.08. The van der Waals surface area contributed by atoms with Gasteiger partial charge in [0.05, 0.1) is 12.5 Å². The summed E-state index contributed by atoms with van der Waals surface area (Å²) in [6.07, 6.45) is -2.28. The number of fused-ring (bicyclic) bond motifs is 1. The summed E-state index contributed by atoms with van der Waals surface area (Å²) in [5, 5.41) is 6.40. The second-order valence-electron chi connectivity index (χ2n) is 5.96. The molecule has 0 spiro atoms. The van der Waals surface area contributed by atoms with Crippen LogP contribution in [0.3, 0.4) is 0 Å². The third-order valence-electron chi connectivity index (χ3n) is 4.08. The van der Waals surface area contributed by atoms with Crippen molar-refractivity contribution >= 4 is 11.6 Å². The lowest BCUT2D eigenvalue weighted by Gasteiger charge is -2.10. The van der Waals surface area contributed by atoms with Crippen LogP contribution in [0.5, 0.6) is 0 Å². The van der Waals surface area contributed by atoms with Crippen LogP contribution in [0, 0.1) is 0 Å². The number of hydrogen-bond donors (Lipinski definition) is 1. The Kier molecular flexibility index (Phi) is 4.34. The fourth-order valence-corrected chi connectivity index (χ4v) is 2.75. The van der Waals surface area contributed by atoms with Gasteiger partial charge in [0, 0.05) is 6.54 Å². The second-order valence-corrected chi connectivity index (χ2v) is 5.96. The van der Waals surface area contributed by atoms with Gasteiger partial charge in [0.15, 0.2) is 17.1 Å². The fraction of sp³-hybridized carbons (Fsp3) is 0.105. The number of aromatic nitrogens is 3. The Morgan fingerprint density at radius 1 is 1.14 bits per heavy atom. The largest absolute Gasteiger partial charge is 0.463 e. The highest BCUT2D eigenvalue weighted by Gasteiger charge is 2.36. The third kappa shape index (κ3) is 3.34. The van der Waals surface area contributed by atoms with E-state index >= 15 is 0 Å². The number of alkyl halides is 3. The predicted molar refractivity (Wildman–Crippen MR) is 93.3 cm³/mol. The molecule has 1 amide bonds. The van der Waals surface area contributed by atoms with Gasteiger partial charge in [-0.2, -0.15) is 18.3 Å². The number of carbonyl (C=O) groups excluding carboxylic acids is 1. The molecule has 4 rings (SSSR count). The molecule has 0 fully saturated rings. The van der Waals surface area contributed by atoms with Crippen LogP contribution >= 0.6 is 0 Å². The van der Waals surface area contributed by atoms with Gasteiger partial charge in [-0.15, -0.1) is 0 Å². The lowest BCUT2D eigenvalue weighted by Crippen LogP contribution is -2.23. The monoisotopic (exact) mass is 386 g/mol. The summed E-state index contributed by atoms with van der Waals surface area (Å²) in [6.45, 7) is 0.223. The van der Waals surface area contributed by atoms with Crippen LogP contribution in [0.1, 0.15) is 21.6 Å². The van der Waals surface area contributed by atoms with Gasteiger partial charge >= 0.3 is 6.18 Å². The van der Waals surface area contributed by atoms with Crippen molar-refractivity contribution in [1.29, 1.82) is 0 Å². The molecule has 6 nitrogen and oxygen atoms in total. The van der Waals surface area contributed by atoms with Crippen molar-refractivity contribution in [3.8, 4) is 11.5 Å². The lowest BCUT2D eigenvalue weighted by atomic mass is 10.2. The molecule has 0 bridgehead atoms. The Morgan fingerprint density at radius 3 is 2.61 bits per heavy atom. The Bertz CT molecular complexity index is 1120. The number of hydrogen-bond acceptors (Lipinski definition) is 4. The van der Waals surface area contributed by atoms with E-state index in [1.54, 1.807) is 6.07 Å². The van der Waals surface area contributed by atoms with E-state index in [0.29, 0.717) is 4.52 Å². The summed E-state index contributed by atoms with van der Waals surface area (Å²) in [5.74, 6) is -0.416. The topological polar surface area (TPSA) is 72.4 Å². The maximum Gasteiger partial charge on any atom is 0.433 e. The molecule has 0 aliphatic carbocycles. The molecular weight excluding hydrogens is 373 g/mol. The summed E-state index contributed by atoms with van der Waals surface area (Å²) in [7, 11) is 0. The molecule has 0 saturated carbocycles. The average molecular weight is 386 g/mol. The van der Waals surface area contributed by atoms with Gasteiger partial charge < -0.3 is 9.73 Å². The molecule has 142 valence electrons. The van der Waals surface area contributed by atoms with Crippen molar-refractivity contribution in [3.05, 3.63) is 77.8 Å². The van der Waals surface area contributed by atoms with Crippen molar-refractivity contribution < 1.29 is 22.4 Å². The number of nitrogens with one attached hydrogen (secondary N) is 1. The number of carbonyl (C=O) groups is 1. The summed E-state index contributed by atoms with van der Waals surface area (Å²) in [5.41, 5.74) is -0.498. The highest BCUT2D eigenvalue weighted by molar-refractivity contribution is 5.99. The Balaban J connectivity index is 1.75. The molecule has 1 N–H and O–H groups in total. The van der Waals surface area contributed by atoms with E-state index in [2.05, 4.69) is 15.4 Å². The molecule has 0 aliphatic heterocycles. The molecule has 9 heteroatoms. The van der Waals surface area contributed by atoms with Gasteiger partial charge in [0.1, 0.15) is 11.3 Å². The molecule has 0 unspecified atom stereocenters. The first-order chi connectivity index (χ1) is 13.4. The first-order valence-electron chi connectivity index (χ1n) is 8.25. The van der Waals surface area contributed by atoms with E-state index in [-0.39, 0.29) is 29.2 Å². The van der Waals surface area contributed by atoms with Crippen molar-refractivity contribution in [3.63, 3.8) is 0 Å². The molecule has 1 aromatic carbocycles. The summed E-state index contributed by atoms with van der Waals surface area (Å²) < 4.78 is 46.3. The normalized spacial score (nSPS) is 11.7. The van der Waals surface area contributed by atoms with Gasteiger partial charge in [0.2, 0.25) is 0 Å². The fourth-order valence-electron chi connectivity index (χ4n) is 2.75. The minimum absolute atomic E-state index is 0.0394. The molecule has 0 saturated heterocycles. The zero-order chi connectivity index (χ0) is 19.7. The van der Waals surface area contributed by atoms with E-state index in [1.807, 2.05) is 30.3 Å². The quantitative estimate of drug-likeness (QED) is 0.577. The molecule has 0 aliphatic rings. The smallest absolute Gasteiger partial charge is 0.433 e. The van der Waals surface area contributed by atoms with Gasteiger partial charge in [0.25, 0.3) is 5.91 Å². The standard InChI is InChI=1S/C19H13F3N4O2/c20-19(21,22)16-9-14(15-7-4-8-28-15)25-17-13(11-24-26(16)17)18(27)23-10-12-5-2-1-3-6-12/h1-9,11H,10H2,(H,23,27). The Hall–Kier alpha value is -3.62. The number of rotatable bonds is 4. The first-order valence-corrected chi connectivity index (χ1v) is 8.25. The number of nitrogens with zero attached hydrogens (tertiary/aromatic N) is 3. The number of benzene rings is 1. The minimum Gasteiger partial charge on any atom is -0.463 e. The van der Waals surface area contributed by atoms with E-state index in [1.165, 1.54) is 12.3 Å². The van der Waals surface area contributed by atoms with Crippen LogP contribution in [0.15, 0.2) is 65.4 Å². The van der Waals surface area contributed by atoms with Gasteiger partial charge in [-0.1, -0.05) is 30.3 Å². The number of amides is 1. The molecule has 3 heterocycles. The highest BCUT2D eigenvalue weighted by atomic mass is 19.4. The Labute approximate surface area is 156 Å². The molecule has 0 atom stereocenters. The average Bonchev–Trinajstić information content (AvgIpc) is 3.35. The van der Waals surface area contributed by atoms with Crippen LogP contribution < -0.4 is 5.32 Å². The molecular formula is C19H13F3N4O2. The molecule has 4 aromatic rings. The first kappa shape index (κ1) is 17.8. The van der Waals surface area contributed by atoms with E-state index in [4.69, 9.17) is 4.42 Å². The summed E-state index contributed by atoms with van der Waals surface area (Å²) in [4.78, 5) is 16.7. The van der Waals surface area contributed by atoms with Gasteiger partial charge in [-0.3, -0.25) is 4.79 Å². The molecule has 3 aromatic heterocycles. The van der Waals surface area contributed by atoms with Crippen LogP contribution in [0.25, 0.3) is 17.1 Å². The van der Waals surface area contributed by atoms with E-state index in [9.17, 15) is 18.0 Å². The van der Waals surface area contributed by atoms with Crippen LogP contribution in [0.2, 0.25) is 0 Å². The zero-order valence-electron chi connectivity index (χ0n) is 14.3. The van der Waals surface area contributed by atoms with Gasteiger partial charge in [-0.25, -0.2) is 9.50 Å². The van der Waals surface area contributed by atoms with Crippen molar-refractivity contribution in [2.24, 2.45) is 0 Å². The lowest BCUT2D eigenvalue weighted by molar-refractivity contribution is -0.142. The predicted octanol–water partition coefficient (Wildman–Crippen LogP) is 3.94. The maximum atomic E-state index is 13.5. The van der Waals surface area contributed by atoms with Crippen LogP contribution in [0.4, 0.5) is 13.2 Å². The number of halogens is 3. The summed E-state index contributed by atoms with van der Waals surface area (Å²) >= 11 is 0. The minimum atomic E-state index is -4.69. The maximum absolute atomic E-state index is 13.5. The van der Waals surface area contributed by atoms with Crippen molar-refractivity contribution in [2.45, 2.75) is 12.7 Å². The molecule has 0 radical (unpaired) electrons. The highest BCUT2D eigenvalue weighted by Crippen LogP contribution is 2.32. The zero-order valence-corrected chi connectivity index (χ0v) is 14.3. The second kappa shape index (κ2) is 6.84. The van der Waals surface area contributed by atoms with E-state index < -0.39 is 17.8 Å². The van der Waals surface area contributed by atoms with Gasteiger partial charge in [-0.05, 0) is 23.8 Å². The van der Waals surface area contributed by atoms with Crippen LogP contribution in [-0.2, 0) is 12.7 Å². The van der Waals surface area contributed by atoms with Crippen molar-refractivity contribution in [1.82, 2.24) is 19.9 Å². The van der Waals surface area contributed by atoms with Crippen molar-refractivity contribution in [2.75, 3.05) is 0 Å². The molecule has 28 heavy (non-hydrogen) atoms. The number of furan rings is 1. The summed E-state index contributed by atoms with van der Waals surface area (Å²) in [6, 6.07) is 13.0. The van der Waals surface area contributed by atoms with E-state index in [0.717, 1.165) is 17.8 Å².